The Labute approximate surface area is 199 Å². The van der Waals surface area contributed by atoms with Gasteiger partial charge in [0.05, 0.1) is 17.3 Å². The molecule has 0 radical (unpaired) electrons. The van der Waals surface area contributed by atoms with E-state index >= 15 is 0 Å². The zero-order valence-corrected chi connectivity index (χ0v) is 19.9. The number of hydrogen-bond acceptors (Lipinski definition) is 5. The molecule has 5 nitrogen and oxygen atoms in total. The molecule has 3 aromatic rings. The van der Waals surface area contributed by atoms with Crippen molar-refractivity contribution in [3.05, 3.63) is 64.5 Å². The summed E-state index contributed by atoms with van der Waals surface area (Å²) < 4.78 is 6.15. The van der Waals surface area contributed by atoms with Crippen LogP contribution in [0.15, 0.2) is 53.9 Å². The molecule has 0 aliphatic carbocycles. The van der Waals surface area contributed by atoms with E-state index in [2.05, 4.69) is 15.2 Å². The molecule has 1 N–H and O–H groups in total. The van der Waals surface area contributed by atoms with Crippen LogP contribution in [0.5, 0.6) is 5.75 Å². The average Bonchev–Trinajstić information content (AvgIpc) is 3.30. The summed E-state index contributed by atoms with van der Waals surface area (Å²) in [6, 6.07) is 16.0. The number of piperidine rings is 2. The molecule has 6 heteroatoms. The standard InChI is InChI=1S/C27H31N3O2S/c1-19-28-25(18-33-19)20-7-9-21(10-8-20)27(31)29-23-11-13-24(14-12-23)32-17-22-5-4-16-30-15-3-2-6-26(22)30/h7-14,18,22,26H,2-6,15-17H2,1H3,(H,29,31)/t22-,26+/m0/s1. The number of aryl methyl sites for hydroxylation is 1. The SMILES string of the molecule is Cc1nc(-c2ccc(C(=O)Nc3ccc(OC[C@@H]4CCCN5CCCC[C@H]45)cc3)cc2)cs1. The Hall–Kier alpha value is -2.70. The number of nitrogens with zero attached hydrogens (tertiary/aromatic N) is 2. The number of aromatic nitrogens is 1. The van der Waals surface area contributed by atoms with Crippen molar-refractivity contribution in [1.82, 2.24) is 9.88 Å². The van der Waals surface area contributed by atoms with Crippen LogP contribution >= 0.6 is 11.3 Å². The van der Waals surface area contributed by atoms with Gasteiger partial charge >= 0.3 is 0 Å². The molecule has 2 saturated heterocycles. The van der Waals surface area contributed by atoms with Crippen LogP contribution in [-0.2, 0) is 0 Å². The maximum Gasteiger partial charge on any atom is 0.255 e. The number of nitrogens with one attached hydrogen (secondary N) is 1. The van der Waals surface area contributed by atoms with Crippen LogP contribution in [0.25, 0.3) is 11.3 Å². The number of hydrogen-bond donors (Lipinski definition) is 1. The third-order valence-corrected chi connectivity index (χ3v) is 7.64. The zero-order valence-electron chi connectivity index (χ0n) is 19.1. The number of ether oxygens (including phenoxy) is 1. The Morgan fingerprint density at radius 2 is 1.85 bits per heavy atom. The lowest BCUT2D eigenvalue weighted by Crippen LogP contribution is -2.49. The molecule has 0 saturated carbocycles. The van der Waals surface area contributed by atoms with Gasteiger partial charge in [0.2, 0.25) is 0 Å². The van der Waals surface area contributed by atoms with Gasteiger partial charge in [-0.2, -0.15) is 0 Å². The van der Waals surface area contributed by atoms with E-state index in [-0.39, 0.29) is 5.91 Å². The van der Waals surface area contributed by atoms with Gasteiger partial charge in [-0.25, -0.2) is 4.98 Å². The highest BCUT2D eigenvalue weighted by Gasteiger charge is 2.33. The second-order valence-corrected chi connectivity index (χ2v) is 10.2. The Kier molecular flexibility index (Phi) is 6.74. The normalized spacial score (nSPS) is 20.8. The highest BCUT2D eigenvalue weighted by atomic mass is 32.1. The number of thiazole rings is 1. The lowest BCUT2D eigenvalue weighted by molar-refractivity contribution is 0.0366. The number of carbonyl (C=O) groups is 1. The topological polar surface area (TPSA) is 54.5 Å². The summed E-state index contributed by atoms with van der Waals surface area (Å²) in [5.41, 5.74) is 3.36. The fraction of sp³-hybridized carbons (Fsp3) is 0.407. The highest BCUT2D eigenvalue weighted by Crippen LogP contribution is 2.31. The van der Waals surface area contributed by atoms with Crippen LogP contribution in [-0.4, -0.2) is 41.5 Å². The molecule has 0 bridgehead atoms. The maximum atomic E-state index is 12.7. The van der Waals surface area contributed by atoms with E-state index in [0.29, 0.717) is 17.5 Å². The molecule has 0 unspecified atom stereocenters. The minimum Gasteiger partial charge on any atom is -0.493 e. The van der Waals surface area contributed by atoms with E-state index in [9.17, 15) is 4.79 Å². The highest BCUT2D eigenvalue weighted by molar-refractivity contribution is 7.09. The summed E-state index contributed by atoms with van der Waals surface area (Å²) in [4.78, 5) is 19.8. The van der Waals surface area contributed by atoms with Crippen molar-refractivity contribution < 1.29 is 9.53 Å². The van der Waals surface area contributed by atoms with E-state index < -0.39 is 0 Å². The van der Waals surface area contributed by atoms with E-state index in [0.717, 1.165) is 34.3 Å². The fourth-order valence-electron chi connectivity index (χ4n) is 5.10. The molecule has 0 spiro atoms. The third-order valence-electron chi connectivity index (χ3n) is 6.87. The maximum absolute atomic E-state index is 12.7. The van der Waals surface area contributed by atoms with Crippen molar-refractivity contribution in [3.8, 4) is 17.0 Å². The van der Waals surface area contributed by atoms with Gasteiger partial charge in [-0.3, -0.25) is 9.69 Å². The molecule has 2 atom stereocenters. The summed E-state index contributed by atoms with van der Waals surface area (Å²) in [7, 11) is 0. The Morgan fingerprint density at radius 3 is 2.61 bits per heavy atom. The van der Waals surface area contributed by atoms with Crippen LogP contribution in [0, 0.1) is 12.8 Å². The van der Waals surface area contributed by atoms with Crippen LogP contribution < -0.4 is 10.1 Å². The monoisotopic (exact) mass is 461 g/mol. The smallest absolute Gasteiger partial charge is 0.255 e. The van der Waals surface area contributed by atoms with E-state index in [1.54, 1.807) is 11.3 Å². The minimum atomic E-state index is -0.121. The van der Waals surface area contributed by atoms with Crippen LogP contribution in [0.3, 0.4) is 0 Å². The predicted molar refractivity (Wildman–Crippen MR) is 134 cm³/mol. The number of rotatable bonds is 6. The molecular formula is C27H31N3O2S. The van der Waals surface area contributed by atoms with Crippen LogP contribution in [0.1, 0.15) is 47.5 Å². The Bertz CT molecular complexity index is 1080. The average molecular weight is 462 g/mol. The first-order chi connectivity index (χ1) is 16.2. The summed E-state index contributed by atoms with van der Waals surface area (Å²) in [5, 5.41) is 6.05. The molecule has 2 aromatic carbocycles. The molecule has 33 heavy (non-hydrogen) atoms. The van der Waals surface area contributed by atoms with Crippen molar-refractivity contribution in [2.75, 3.05) is 25.0 Å². The van der Waals surface area contributed by atoms with Gasteiger partial charge in [-0.15, -0.1) is 11.3 Å². The van der Waals surface area contributed by atoms with Gasteiger partial charge in [0.15, 0.2) is 0 Å². The van der Waals surface area contributed by atoms with E-state index in [4.69, 9.17) is 4.74 Å². The minimum absolute atomic E-state index is 0.121. The molecule has 5 rings (SSSR count). The quantitative estimate of drug-likeness (QED) is 0.488. The summed E-state index contributed by atoms with van der Waals surface area (Å²) in [5.74, 6) is 1.36. The largest absolute Gasteiger partial charge is 0.493 e. The van der Waals surface area contributed by atoms with Gasteiger partial charge in [0.1, 0.15) is 5.75 Å². The van der Waals surface area contributed by atoms with Gasteiger partial charge in [-0.1, -0.05) is 18.6 Å². The van der Waals surface area contributed by atoms with Crippen molar-refractivity contribution in [2.24, 2.45) is 5.92 Å². The lowest BCUT2D eigenvalue weighted by Gasteiger charge is -2.44. The number of anilines is 1. The van der Waals surface area contributed by atoms with Crippen molar-refractivity contribution in [1.29, 1.82) is 0 Å². The summed E-state index contributed by atoms with van der Waals surface area (Å²) >= 11 is 1.63. The second-order valence-electron chi connectivity index (χ2n) is 9.12. The van der Waals surface area contributed by atoms with E-state index in [1.165, 1.54) is 45.2 Å². The van der Waals surface area contributed by atoms with E-state index in [1.807, 2.05) is 60.8 Å². The van der Waals surface area contributed by atoms with Crippen molar-refractivity contribution >= 4 is 22.9 Å². The molecule has 2 aliphatic rings. The Morgan fingerprint density at radius 1 is 1.06 bits per heavy atom. The number of carbonyl (C=O) groups excluding carboxylic acids is 1. The molecule has 3 heterocycles. The zero-order chi connectivity index (χ0) is 22.6. The predicted octanol–water partition coefficient (Wildman–Crippen LogP) is 6.01. The first-order valence-electron chi connectivity index (χ1n) is 12.0. The van der Waals surface area contributed by atoms with Gasteiger partial charge in [0, 0.05) is 34.2 Å². The van der Waals surface area contributed by atoms with Gasteiger partial charge in [0.25, 0.3) is 5.91 Å². The van der Waals surface area contributed by atoms with Gasteiger partial charge < -0.3 is 10.1 Å². The molecule has 172 valence electrons. The summed E-state index contributed by atoms with van der Waals surface area (Å²) in [6.45, 7) is 5.27. The van der Waals surface area contributed by atoms with Crippen LogP contribution in [0.4, 0.5) is 5.69 Å². The van der Waals surface area contributed by atoms with Crippen LogP contribution in [0.2, 0.25) is 0 Å². The van der Waals surface area contributed by atoms with Gasteiger partial charge in [-0.05, 0) is 82.1 Å². The molecule has 1 amide bonds. The number of benzene rings is 2. The number of amides is 1. The molecular weight excluding hydrogens is 430 g/mol. The second kappa shape index (κ2) is 10.1. The third kappa shape index (κ3) is 5.28. The number of fused-ring (bicyclic) bond motifs is 1. The Balaban J connectivity index is 1.15. The van der Waals surface area contributed by atoms with Crippen molar-refractivity contribution in [3.63, 3.8) is 0 Å². The first-order valence-corrected chi connectivity index (χ1v) is 12.8. The molecule has 2 fully saturated rings. The molecule has 2 aliphatic heterocycles. The fourth-order valence-corrected chi connectivity index (χ4v) is 5.72. The summed E-state index contributed by atoms with van der Waals surface area (Å²) in [6.07, 6.45) is 6.53. The van der Waals surface area contributed by atoms with Crippen molar-refractivity contribution in [2.45, 2.75) is 45.1 Å². The lowest BCUT2D eigenvalue weighted by atomic mass is 9.84. The first kappa shape index (κ1) is 22.1. The molecule has 1 aromatic heterocycles.